The van der Waals surface area contributed by atoms with Crippen LogP contribution < -0.4 is 4.74 Å². The normalized spacial score (nSPS) is 11.0. The van der Waals surface area contributed by atoms with E-state index >= 15 is 0 Å². The molecule has 0 spiro atoms. The van der Waals surface area contributed by atoms with E-state index in [1.54, 1.807) is 12.1 Å². The number of benzene rings is 2. The Morgan fingerprint density at radius 2 is 1.69 bits per heavy atom. The number of carbonyl (C=O) groups excluding carboxylic acids is 1. The van der Waals surface area contributed by atoms with Crippen molar-refractivity contribution in [2.24, 2.45) is 0 Å². The molecule has 2 aromatic rings. The molecule has 2 aromatic carbocycles. The third-order valence-electron chi connectivity index (χ3n) is 4.96. The number of ether oxygens (including phenoxy) is 1. The lowest BCUT2D eigenvalue weighted by Gasteiger charge is -2.20. The van der Waals surface area contributed by atoms with Crippen LogP contribution in [0, 0.1) is 13.8 Å². The van der Waals surface area contributed by atoms with E-state index in [1.807, 2.05) is 39.8 Å². The van der Waals surface area contributed by atoms with Crippen molar-refractivity contribution < 1.29 is 24.5 Å². The van der Waals surface area contributed by atoms with Crippen LogP contribution in [0.3, 0.4) is 0 Å². The van der Waals surface area contributed by atoms with Gasteiger partial charge in [-0.25, -0.2) is 4.79 Å². The number of hydrogen-bond donors (Lipinski definition) is 2. The fourth-order valence-electron chi connectivity index (χ4n) is 3.58. The summed E-state index contributed by atoms with van der Waals surface area (Å²) in [5, 5.41) is 18.8. The number of hydrogen-bond acceptors (Lipinski definition) is 4. The molecule has 0 atom stereocenters. The van der Waals surface area contributed by atoms with Crippen molar-refractivity contribution >= 4 is 11.8 Å². The largest absolute Gasteiger partial charge is 0.508 e. The lowest BCUT2D eigenvalue weighted by molar-refractivity contribution is -0.139. The minimum absolute atomic E-state index is 0.0638. The van der Waals surface area contributed by atoms with Crippen LogP contribution in [0.1, 0.15) is 77.7 Å². The highest BCUT2D eigenvalue weighted by atomic mass is 16.5. The van der Waals surface area contributed by atoms with Crippen molar-refractivity contribution in [1.82, 2.24) is 0 Å². The molecule has 0 saturated carbocycles. The molecule has 0 fully saturated rings. The lowest BCUT2D eigenvalue weighted by Crippen LogP contribution is -2.14. The molecular weight excluding hydrogens is 368 g/mol. The van der Waals surface area contributed by atoms with Crippen LogP contribution in [-0.4, -0.2) is 28.6 Å². The second kappa shape index (κ2) is 9.59. The van der Waals surface area contributed by atoms with E-state index in [0.717, 1.165) is 35.1 Å². The van der Waals surface area contributed by atoms with Crippen molar-refractivity contribution in [3.05, 3.63) is 57.6 Å². The molecule has 0 aliphatic heterocycles. The number of aryl methyl sites for hydroxylation is 3. The van der Waals surface area contributed by atoms with E-state index in [-0.39, 0.29) is 17.5 Å². The van der Waals surface area contributed by atoms with Gasteiger partial charge in [-0.05, 0) is 79.1 Å². The van der Waals surface area contributed by atoms with E-state index in [9.17, 15) is 14.7 Å². The Morgan fingerprint density at radius 3 is 2.21 bits per heavy atom. The Kier molecular flexibility index (Phi) is 7.43. The molecule has 0 saturated heterocycles. The number of rotatable bonds is 9. The minimum Gasteiger partial charge on any atom is -0.508 e. The first-order valence-electron chi connectivity index (χ1n) is 10.0. The van der Waals surface area contributed by atoms with Crippen LogP contribution in [0.2, 0.25) is 0 Å². The van der Waals surface area contributed by atoms with Crippen molar-refractivity contribution in [1.29, 1.82) is 0 Å². The van der Waals surface area contributed by atoms with Crippen molar-refractivity contribution in [2.75, 3.05) is 6.61 Å². The number of phenols is 1. The summed E-state index contributed by atoms with van der Waals surface area (Å²) in [4.78, 5) is 24.4. The van der Waals surface area contributed by atoms with Gasteiger partial charge in [0, 0.05) is 11.1 Å². The third-order valence-corrected chi connectivity index (χ3v) is 4.96. The van der Waals surface area contributed by atoms with Gasteiger partial charge in [-0.1, -0.05) is 27.2 Å². The Balaban J connectivity index is 2.61. The Bertz CT molecular complexity index is 889. The highest BCUT2D eigenvalue weighted by Gasteiger charge is 2.21. The maximum Gasteiger partial charge on any atom is 0.341 e. The van der Waals surface area contributed by atoms with Crippen LogP contribution >= 0.6 is 0 Å². The van der Waals surface area contributed by atoms with Gasteiger partial charge < -0.3 is 14.9 Å². The van der Waals surface area contributed by atoms with E-state index in [0.29, 0.717) is 23.3 Å². The molecule has 0 aliphatic carbocycles. The van der Waals surface area contributed by atoms with Crippen molar-refractivity contribution in [2.45, 2.75) is 59.8 Å². The average molecular weight is 398 g/mol. The van der Waals surface area contributed by atoms with E-state index in [2.05, 4.69) is 6.92 Å². The number of carboxylic acids is 1. The van der Waals surface area contributed by atoms with Crippen LogP contribution in [0.25, 0.3) is 0 Å². The molecule has 0 heterocycles. The molecule has 0 bridgehead atoms. The summed E-state index contributed by atoms with van der Waals surface area (Å²) < 4.78 is 5.65. The summed E-state index contributed by atoms with van der Waals surface area (Å²) in [6, 6.07) is 6.82. The molecule has 0 radical (unpaired) electrons. The van der Waals surface area contributed by atoms with Gasteiger partial charge in [0.2, 0.25) is 0 Å². The fourth-order valence-corrected chi connectivity index (χ4v) is 3.58. The molecule has 29 heavy (non-hydrogen) atoms. The second-order valence-electron chi connectivity index (χ2n) is 7.78. The van der Waals surface area contributed by atoms with Gasteiger partial charge in [-0.2, -0.15) is 0 Å². The van der Waals surface area contributed by atoms with Gasteiger partial charge in [0.05, 0.1) is 0 Å². The third kappa shape index (κ3) is 5.37. The van der Waals surface area contributed by atoms with Gasteiger partial charge in [0.1, 0.15) is 11.5 Å². The van der Waals surface area contributed by atoms with Crippen LogP contribution in [-0.2, 0) is 11.2 Å². The predicted octanol–water partition coefficient (Wildman–Crippen LogP) is 5.17. The van der Waals surface area contributed by atoms with Crippen molar-refractivity contribution in [3.63, 3.8) is 0 Å². The SMILES string of the molecule is CCCCc1cc(C(=O)c2c(C)cc(O)cc2C)cc(C(C)C)c1OCC(=O)O. The molecule has 0 amide bonds. The molecule has 2 N–H and O–H groups in total. The number of carbonyl (C=O) groups is 2. The number of unbranched alkanes of at least 4 members (excludes halogenated alkanes) is 1. The minimum atomic E-state index is -1.03. The summed E-state index contributed by atoms with van der Waals surface area (Å²) in [6.07, 6.45) is 2.60. The summed E-state index contributed by atoms with van der Waals surface area (Å²) >= 11 is 0. The number of aromatic hydroxyl groups is 1. The topological polar surface area (TPSA) is 83.8 Å². The Labute approximate surface area is 172 Å². The molecule has 0 unspecified atom stereocenters. The van der Waals surface area contributed by atoms with E-state index in [1.165, 1.54) is 0 Å². The maximum absolute atomic E-state index is 13.4. The zero-order valence-electron chi connectivity index (χ0n) is 17.8. The number of carboxylic acid groups (broad SMARTS) is 1. The van der Waals surface area contributed by atoms with Gasteiger partial charge in [0.15, 0.2) is 12.4 Å². The summed E-state index contributed by atoms with van der Waals surface area (Å²) in [5.41, 5.74) is 4.27. The molecule has 0 aromatic heterocycles. The molecule has 5 nitrogen and oxygen atoms in total. The number of ketones is 1. The maximum atomic E-state index is 13.4. The first kappa shape index (κ1) is 22.5. The van der Waals surface area contributed by atoms with Crippen LogP contribution in [0.15, 0.2) is 24.3 Å². The highest BCUT2D eigenvalue weighted by Crippen LogP contribution is 2.34. The van der Waals surface area contributed by atoms with Gasteiger partial charge in [0.25, 0.3) is 0 Å². The summed E-state index contributed by atoms with van der Waals surface area (Å²) in [7, 11) is 0. The van der Waals surface area contributed by atoms with Crippen molar-refractivity contribution in [3.8, 4) is 11.5 Å². The highest BCUT2D eigenvalue weighted by molar-refractivity contribution is 6.11. The summed E-state index contributed by atoms with van der Waals surface area (Å²) in [5.74, 6) is -0.359. The van der Waals surface area contributed by atoms with Gasteiger partial charge >= 0.3 is 5.97 Å². The number of aliphatic carboxylic acids is 1. The molecule has 2 rings (SSSR count). The number of phenolic OH excluding ortho intramolecular Hbond substituents is 1. The first-order chi connectivity index (χ1) is 13.6. The van der Waals surface area contributed by atoms with E-state index < -0.39 is 12.6 Å². The standard InChI is InChI=1S/C24H30O5/c1-6-7-8-17-11-18(12-20(14(2)3)24(17)29-13-21(26)27)23(28)22-15(4)9-19(25)10-16(22)5/h9-12,14,25H,6-8,13H2,1-5H3,(H,26,27). The van der Waals surface area contributed by atoms with Gasteiger partial charge in [-0.15, -0.1) is 0 Å². The fraction of sp³-hybridized carbons (Fsp3) is 0.417. The predicted molar refractivity (Wildman–Crippen MR) is 113 cm³/mol. The molecule has 156 valence electrons. The zero-order valence-corrected chi connectivity index (χ0v) is 17.8. The van der Waals surface area contributed by atoms with Crippen LogP contribution in [0.5, 0.6) is 11.5 Å². The summed E-state index contributed by atoms with van der Waals surface area (Å²) in [6.45, 7) is 9.29. The Hall–Kier alpha value is -2.82. The first-order valence-corrected chi connectivity index (χ1v) is 10.0. The second-order valence-corrected chi connectivity index (χ2v) is 7.78. The van der Waals surface area contributed by atoms with Crippen LogP contribution in [0.4, 0.5) is 0 Å². The quantitative estimate of drug-likeness (QED) is 0.569. The van der Waals surface area contributed by atoms with E-state index in [4.69, 9.17) is 9.84 Å². The lowest BCUT2D eigenvalue weighted by atomic mass is 9.89. The van der Waals surface area contributed by atoms with Gasteiger partial charge in [-0.3, -0.25) is 4.79 Å². The molecule has 0 aliphatic rings. The Morgan fingerprint density at radius 1 is 1.07 bits per heavy atom. The molecule has 5 heteroatoms. The monoisotopic (exact) mass is 398 g/mol. The molecular formula is C24H30O5. The zero-order chi connectivity index (χ0) is 21.7. The smallest absolute Gasteiger partial charge is 0.341 e. The average Bonchev–Trinajstić information content (AvgIpc) is 2.63.